The van der Waals surface area contributed by atoms with Crippen molar-refractivity contribution in [2.45, 2.75) is 6.10 Å². The molecular weight excluding hydrogens is 196 g/mol. The van der Waals surface area contributed by atoms with Crippen LogP contribution in [0.2, 0.25) is 0 Å². The lowest BCUT2D eigenvalue weighted by Gasteiger charge is -2.27. The average Bonchev–Trinajstić information content (AvgIpc) is 2.13. The lowest BCUT2D eigenvalue weighted by atomic mass is 10.2. The third-order valence-electron chi connectivity index (χ3n) is 2.20. The number of nitrogens with two attached hydrogens (primary N) is 2. The van der Waals surface area contributed by atoms with Gasteiger partial charge in [-0.25, -0.2) is 0 Å². The van der Waals surface area contributed by atoms with E-state index in [-0.39, 0.29) is 6.10 Å². The highest BCUT2D eigenvalue weighted by Gasteiger charge is 2.21. The molecule has 1 heterocycles. The lowest BCUT2D eigenvalue weighted by Crippen LogP contribution is -2.38. The van der Waals surface area contributed by atoms with Crippen molar-refractivity contribution in [2.75, 3.05) is 18.9 Å². The van der Waals surface area contributed by atoms with Gasteiger partial charge in [0.25, 0.3) is 0 Å². The smallest absolute Gasteiger partial charge is 0.248 e. The number of hydrogen-bond acceptors (Lipinski definition) is 4. The Kier molecular flexibility index (Phi) is 2.47. The van der Waals surface area contributed by atoms with Gasteiger partial charge < -0.3 is 20.9 Å². The molecule has 1 aliphatic heterocycles. The minimum absolute atomic E-state index is 0.0235. The highest BCUT2D eigenvalue weighted by atomic mass is 16.6. The normalized spacial score (nSPS) is 15.7. The molecule has 80 valence electrons. The summed E-state index contributed by atoms with van der Waals surface area (Å²) < 4.78 is 10.5. The van der Waals surface area contributed by atoms with E-state index in [4.69, 9.17) is 20.9 Å². The summed E-state index contributed by atoms with van der Waals surface area (Å²) in [6.07, 6.45) is 0.0235. The molecule has 1 aromatic carbocycles. The zero-order valence-corrected chi connectivity index (χ0v) is 8.10. The van der Waals surface area contributed by atoms with Crippen molar-refractivity contribution in [3.05, 3.63) is 23.8 Å². The van der Waals surface area contributed by atoms with Crippen LogP contribution in [0.1, 0.15) is 10.4 Å². The molecule has 0 radical (unpaired) electrons. The summed E-state index contributed by atoms with van der Waals surface area (Å²) in [6.45, 7) is 1.11. The van der Waals surface area contributed by atoms with E-state index in [0.29, 0.717) is 30.2 Å². The van der Waals surface area contributed by atoms with Gasteiger partial charge in [0.15, 0.2) is 0 Å². The van der Waals surface area contributed by atoms with Gasteiger partial charge in [-0.1, -0.05) is 0 Å². The van der Waals surface area contributed by atoms with Crippen LogP contribution >= 0.6 is 0 Å². The molecule has 5 nitrogen and oxygen atoms in total. The molecule has 4 N–H and O–H groups in total. The molecule has 5 heteroatoms. The summed E-state index contributed by atoms with van der Waals surface area (Å²) in [5, 5.41) is 0. The average molecular weight is 208 g/mol. The maximum absolute atomic E-state index is 10.9. The Labute approximate surface area is 87.0 Å². The summed E-state index contributed by atoms with van der Waals surface area (Å²) in [7, 11) is 0. The van der Waals surface area contributed by atoms with Crippen LogP contribution in [0.5, 0.6) is 5.75 Å². The molecule has 2 rings (SSSR count). The Hall–Kier alpha value is -1.75. The highest BCUT2D eigenvalue weighted by Crippen LogP contribution is 2.25. The van der Waals surface area contributed by atoms with Gasteiger partial charge in [0.1, 0.15) is 11.9 Å². The largest absolute Gasteiger partial charge is 0.483 e. The van der Waals surface area contributed by atoms with Gasteiger partial charge in [0.05, 0.1) is 18.9 Å². The first-order chi connectivity index (χ1) is 7.16. The summed E-state index contributed by atoms with van der Waals surface area (Å²) in [5.74, 6) is -0.00990. The number of amides is 1. The van der Waals surface area contributed by atoms with E-state index in [1.54, 1.807) is 18.2 Å². The molecule has 1 aliphatic rings. The van der Waals surface area contributed by atoms with Gasteiger partial charge >= 0.3 is 0 Å². The van der Waals surface area contributed by atoms with Crippen molar-refractivity contribution < 1.29 is 14.3 Å². The Bertz CT molecular complexity index is 388. The molecule has 0 aromatic heterocycles. The van der Waals surface area contributed by atoms with Crippen molar-refractivity contribution in [3.63, 3.8) is 0 Å². The SMILES string of the molecule is NC(=O)c1ccc(N)c(OC2COC2)c1. The van der Waals surface area contributed by atoms with Crippen molar-refractivity contribution in [2.24, 2.45) is 5.73 Å². The van der Waals surface area contributed by atoms with Crippen molar-refractivity contribution in [3.8, 4) is 5.75 Å². The van der Waals surface area contributed by atoms with E-state index < -0.39 is 5.91 Å². The molecular formula is C10H12N2O3. The van der Waals surface area contributed by atoms with Crippen LogP contribution in [0, 0.1) is 0 Å². The van der Waals surface area contributed by atoms with E-state index in [2.05, 4.69) is 0 Å². The van der Waals surface area contributed by atoms with E-state index in [9.17, 15) is 4.79 Å². The third-order valence-corrected chi connectivity index (χ3v) is 2.20. The first kappa shape index (κ1) is 9.79. The second-order valence-corrected chi connectivity index (χ2v) is 3.39. The van der Waals surface area contributed by atoms with Crippen LogP contribution in [0.25, 0.3) is 0 Å². The number of ether oxygens (including phenoxy) is 2. The second-order valence-electron chi connectivity index (χ2n) is 3.39. The van der Waals surface area contributed by atoms with Crippen LogP contribution in [-0.2, 0) is 4.74 Å². The third kappa shape index (κ3) is 2.02. The van der Waals surface area contributed by atoms with Crippen LogP contribution in [0.15, 0.2) is 18.2 Å². The van der Waals surface area contributed by atoms with Gasteiger partial charge in [-0.15, -0.1) is 0 Å². The van der Waals surface area contributed by atoms with Crippen LogP contribution in [0.3, 0.4) is 0 Å². The number of benzene rings is 1. The molecule has 1 fully saturated rings. The van der Waals surface area contributed by atoms with Gasteiger partial charge in [0, 0.05) is 5.56 Å². The van der Waals surface area contributed by atoms with Gasteiger partial charge in [-0.3, -0.25) is 4.79 Å². The van der Waals surface area contributed by atoms with E-state index in [1.807, 2.05) is 0 Å². The van der Waals surface area contributed by atoms with Crippen LogP contribution in [-0.4, -0.2) is 25.2 Å². The van der Waals surface area contributed by atoms with Crippen molar-refractivity contribution in [1.29, 1.82) is 0 Å². The first-order valence-electron chi connectivity index (χ1n) is 4.60. The maximum Gasteiger partial charge on any atom is 0.248 e. The number of carbonyl (C=O) groups is 1. The fraction of sp³-hybridized carbons (Fsp3) is 0.300. The quantitative estimate of drug-likeness (QED) is 0.692. The van der Waals surface area contributed by atoms with Crippen LogP contribution in [0.4, 0.5) is 5.69 Å². The van der Waals surface area contributed by atoms with Crippen LogP contribution < -0.4 is 16.2 Å². The molecule has 0 aliphatic carbocycles. The Morgan fingerprint density at radius 1 is 1.47 bits per heavy atom. The summed E-state index contributed by atoms with van der Waals surface area (Å²) in [6, 6.07) is 4.73. The fourth-order valence-electron chi connectivity index (χ4n) is 1.25. The minimum atomic E-state index is -0.496. The minimum Gasteiger partial charge on any atom is -0.483 e. The standard InChI is InChI=1S/C10H12N2O3/c11-8-2-1-6(10(12)13)3-9(8)15-7-4-14-5-7/h1-3,7H,4-5,11H2,(H2,12,13). The molecule has 0 spiro atoms. The molecule has 1 aromatic rings. The maximum atomic E-state index is 10.9. The molecule has 15 heavy (non-hydrogen) atoms. The predicted molar refractivity (Wildman–Crippen MR) is 54.6 cm³/mol. The van der Waals surface area contributed by atoms with E-state index >= 15 is 0 Å². The molecule has 0 bridgehead atoms. The molecule has 1 amide bonds. The Balaban J connectivity index is 2.19. The summed E-state index contributed by atoms with van der Waals surface area (Å²) >= 11 is 0. The van der Waals surface area contributed by atoms with E-state index in [1.165, 1.54) is 0 Å². The second kappa shape index (κ2) is 3.78. The number of nitrogen functional groups attached to an aromatic ring is 1. The fourth-order valence-corrected chi connectivity index (χ4v) is 1.25. The number of anilines is 1. The van der Waals surface area contributed by atoms with Gasteiger partial charge in [-0.05, 0) is 18.2 Å². The lowest BCUT2D eigenvalue weighted by molar-refractivity contribution is -0.0793. The predicted octanol–water partition coefficient (Wildman–Crippen LogP) is 0.145. The zero-order chi connectivity index (χ0) is 10.8. The van der Waals surface area contributed by atoms with Crippen molar-refractivity contribution in [1.82, 2.24) is 0 Å². The van der Waals surface area contributed by atoms with E-state index in [0.717, 1.165) is 0 Å². The highest BCUT2D eigenvalue weighted by molar-refractivity contribution is 5.93. The topological polar surface area (TPSA) is 87.6 Å². The molecule has 0 saturated carbocycles. The number of primary amides is 1. The molecule has 0 atom stereocenters. The molecule has 0 unspecified atom stereocenters. The number of rotatable bonds is 3. The first-order valence-corrected chi connectivity index (χ1v) is 4.60. The Morgan fingerprint density at radius 2 is 2.20 bits per heavy atom. The number of hydrogen-bond donors (Lipinski definition) is 2. The zero-order valence-electron chi connectivity index (χ0n) is 8.10. The van der Waals surface area contributed by atoms with Gasteiger partial charge in [-0.2, -0.15) is 0 Å². The summed E-state index contributed by atoms with van der Waals surface area (Å²) in [5.41, 5.74) is 11.7. The summed E-state index contributed by atoms with van der Waals surface area (Å²) in [4.78, 5) is 10.9. The monoisotopic (exact) mass is 208 g/mol. The number of carbonyl (C=O) groups excluding carboxylic acids is 1. The Morgan fingerprint density at radius 3 is 2.73 bits per heavy atom. The van der Waals surface area contributed by atoms with Crippen molar-refractivity contribution >= 4 is 11.6 Å². The molecule has 1 saturated heterocycles. The van der Waals surface area contributed by atoms with Gasteiger partial charge in [0.2, 0.25) is 5.91 Å².